The number of aliphatic hydroxyl groups is 1. The molecule has 1 heterocycles. The fraction of sp³-hybridized carbons (Fsp3) is 0.0400. The van der Waals surface area contributed by atoms with Gasteiger partial charge in [-0.15, -0.1) is 0 Å². The lowest BCUT2D eigenvalue weighted by molar-refractivity contribution is -0.384. The second kappa shape index (κ2) is 9.29. The minimum Gasteiger partial charge on any atom is -0.455 e. The van der Waals surface area contributed by atoms with E-state index in [0.717, 1.165) is 0 Å². The van der Waals surface area contributed by atoms with Crippen LogP contribution in [0.15, 0.2) is 107 Å². The lowest BCUT2D eigenvalue weighted by Crippen LogP contribution is -2.43. The number of para-hydroxylation sites is 1. The summed E-state index contributed by atoms with van der Waals surface area (Å²) in [6, 6.07) is 26.5. The molecule has 0 unspecified atom stereocenters. The number of carbonyl (C=O) groups is 1. The monoisotopic (exact) mass is 441 g/mol. The fourth-order valence-electron chi connectivity index (χ4n) is 3.43. The summed E-state index contributed by atoms with van der Waals surface area (Å²) >= 11 is 0. The minimum atomic E-state index is -1.96. The third kappa shape index (κ3) is 4.41. The molecule has 0 saturated carbocycles. The summed E-state index contributed by atoms with van der Waals surface area (Å²) in [4.78, 5) is 23.8. The number of nitrogens with zero attached hydrogens (tertiary/aromatic N) is 2. The quantitative estimate of drug-likeness (QED) is 0.253. The first-order chi connectivity index (χ1) is 16.0. The lowest BCUT2D eigenvalue weighted by Gasteiger charge is -2.26. The molecule has 4 aromatic rings. The Morgan fingerprint density at radius 3 is 2.09 bits per heavy atom. The Kier molecular flexibility index (Phi) is 6.10. The second-order valence-corrected chi connectivity index (χ2v) is 7.12. The van der Waals surface area contributed by atoms with Crippen LogP contribution in [0.1, 0.15) is 16.9 Å². The number of rotatable bonds is 7. The topological polar surface area (TPSA) is 118 Å². The summed E-state index contributed by atoms with van der Waals surface area (Å²) in [6.07, 6.45) is 1.26. The van der Waals surface area contributed by atoms with Crippen LogP contribution in [-0.4, -0.2) is 22.2 Å². The number of nitro groups is 1. The Morgan fingerprint density at radius 2 is 1.48 bits per heavy atom. The van der Waals surface area contributed by atoms with Crippen LogP contribution in [0.4, 0.5) is 5.69 Å². The number of carbonyl (C=O) groups excluding carboxylic acids is 1. The van der Waals surface area contributed by atoms with Gasteiger partial charge in [0.25, 0.3) is 11.6 Å². The highest BCUT2D eigenvalue weighted by Gasteiger charge is 2.39. The van der Waals surface area contributed by atoms with E-state index < -0.39 is 16.4 Å². The van der Waals surface area contributed by atoms with E-state index in [-0.39, 0.29) is 11.4 Å². The van der Waals surface area contributed by atoms with Crippen molar-refractivity contribution in [2.45, 2.75) is 5.60 Å². The summed E-state index contributed by atoms with van der Waals surface area (Å²) in [6.45, 7) is 0. The van der Waals surface area contributed by atoms with E-state index in [0.29, 0.717) is 22.5 Å². The summed E-state index contributed by atoms with van der Waals surface area (Å²) in [5, 5.41) is 26.5. The molecular formula is C25H19N3O5. The molecular weight excluding hydrogens is 422 g/mol. The molecule has 0 radical (unpaired) electrons. The highest BCUT2D eigenvalue weighted by Crippen LogP contribution is 2.31. The maximum atomic E-state index is 13.0. The number of furan rings is 1. The molecule has 0 aliphatic carbocycles. The van der Waals surface area contributed by atoms with Gasteiger partial charge < -0.3 is 9.52 Å². The molecule has 164 valence electrons. The molecule has 33 heavy (non-hydrogen) atoms. The summed E-state index contributed by atoms with van der Waals surface area (Å²) in [5.41, 5.74) is 1.42. The van der Waals surface area contributed by atoms with Crippen molar-refractivity contribution >= 4 is 17.8 Å². The second-order valence-electron chi connectivity index (χ2n) is 7.12. The third-order valence-electron chi connectivity index (χ3n) is 5.06. The maximum absolute atomic E-state index is 13.0. The summed E-state index contributed by atoms with van der Waals surface area (Å²) < 4.78 is 5.63. The van der Waals surface area contributed by atoms with Crippen LogP contribution in [0.25, 0.3) is 11.3 Å². The highest BCUT2D eigenvalue weighted by atomic mass is 16.6. The average molecular weight is 441 g/mol. The van der Waals surface area contributed by atoms with Crippen molar-refractivity contribution in [1.29, 1.82) is 0 Å². The first-order valence-corrected chi connectivity index (χ1v) is 10.0. The van der Waals surface area contributed by atoms with Crippen LogP contribution in [-0.2, 0) is 10.4 Å². The van der Waals surface area contributed by atoms with Gasteiger partial charge in [-0.1, -0.05) is 72.8 Å². The number of nitro benzene ring substituents is 1. The number of hydrazone groups is 1. The fourth-order valence-corrected chi connectivity index (χ4v) is 3.43. The summed E-state index contributed by atoms with van der Waals surface area (Å²) in [7, 11) is 0. The number of nitrogens with one attached hydrogen (secondary N) is 1. The zero-order valence-corrected chi connectivity index (χ0v) is 17.3. The Bertz CT molecular complexity index is 1260. The van der Waals surface area contributed by atoms with E-state index in [9.17, 15) is 20.0 Å². The Labute approximate surface area is 189 Å². The minimum absolute atomic E-state index is 0.0839. The predicted molar refractivity (Wildman–Crippen MR) is 122 cm³/mol. The van der Waals surface area contributed by atoms with Gasteiger partial charge in [-0.25, -0.2) is 5.43 Å². The van der Waals surface area contributed by atoms with Crippen LogP contribution in [0.3, 0.4) is 0 Å². The molecule has 0 bridgehead atoms. The van der Waals surface area contributed by atoms with Gasteiger partial charge in [0.1, 0.15) is 11.5 Å². The number of hydrogen-bond acceptors (Lipinski definition) is 6. The highest BCUT2D eigenvalue weighted by molar-refractivity contribution is 5.91. The molecule has 8 heteroatoms. The van der Waals surface area contributed by atoms with E-state index in [4.69, 9.17) is 4.42 Å². The van der Waals surface area contributed by atoms with Crippen molar-refractivity contribution in [2.75, 3.05) is 0 Å². The molecule has 0 spiro atoms. The van der Waals surface area contributed by atoms with Gasteiger partial charge in [0.2, 0.25) is 0 Å². The zero-order valence-electron chi connectivity index (χ0n) is 17.3. The predicted octanol–water partition coefficient (Wildman–Crippen LogP) is 4.24. The van der Waals surface area contributed by atoms with Crippen molar-refractivity contribution in [3.8, 4) is 11.3 Å². The largest absolute Gasteiger partial charge is 0.455 e. The molecule has 1 aromatic heterocycles. The first-order valence-electron chi connectivity index (χ1n) is 10.0. The van der Waals surface area contributed by atoms with E-state index >= 15 is 0 Å². The Balaban J connectivity index is 1.56. The summed E-state index contributed by atoms with van der Waals surface area (Å²) in [5.74, 6) is -0.187. The van der Waals surface area contributed by atoms with Crippen molar-refractivity contribution < 1.29 is 19.2 Å². The molecule has 0 aliphatic heterocycles. The zero-order chi connectivity index (χ0) is 23.3. The maximum Gasteiger partial charge on any atom is 0.281 e. The van der Waals surface area contributed by atoms with Gasteiger partial charge in [-0.3, -0.25) is 14.9 Å². The van der Waals surface area contributed by atoms with Gasteiger partial charge in [-0.2, -0.15) is 5.10 Å². The third-order valence-corrected chi connectivity index (χ3v) is 5.06. The molecule has 0 saturated heterocycles. The molecule has 0 aliphatic rings. The molecule has 1 amide bonds. The Morgan fingerprint density at radius 1 is 0.909 bits per heavy atom. The SMILES string of the molecule is O=C(N/N=C/c1ccc(-c2ccccc2[N+](=O)[O-])o1)C(O)(c1ccccc1)c1ccccc1. The standard InChI is InChI=1S/C25H19N3O5/c29-24(25(30,18-9-3-1-4-10-18)19-11-5-2-6-12-19)27-26-17-20-15-16-23(33-20)21-13-7-8-14-22(21)28(31)32/h1-17,30H,(H,27,29)/b26-17+. The van der Waals surface area contributed by atoms with Crippen LogP contribution < -0.4 is 5.43 Å². The average Bonchev–Trinajstić information content (AvgIpc) is 3.33. The molecule has 3 aromatic carbocycles. The molecule has 4 rings (SSSR count). The van der Waals surface area contributed by atoms with Gasteiger partial charge in [0, 0.05) is 6.07 Å². The van der Waals surface area contributed by atoms with E-state index in [1.54, 1.807) is 91.0 Å². The number of benzene rings is 3. The smallest absolute Gasteiger partial charge is 0.281 e. The Hall–Kier alpha value is -4.56. The van der Waals surface area contributed by atoms with Crippen LogP contribution in [0.5, 0.6) is 0 Å². The van der Waals surface area contributed by atoms with Crippen LogP contribution in [0, 0.1) is 10.1 Å². The van der Waals surface area contributed by atoms with Crippen LogP contribution >= 0.6 is 0 Å². The van der Waals surface area contributed by atoms with E-state index in [2.05, 4.69) is 10.5 Å². The van der Waals surface area contributed by atoms with Crippen molar-refractivity contribution in [2.24, 2.45) is 5.10 Å². The van der Waals surface area contributed by atoms with Gasteiger partial charge in [-0.05, 0) is 29.3 Å². The van der Waals surface area contributed by atoms with Gasteiger partial charge in [0.05, 0.1) is 16.7 Å². The van der Waals surface area contributed by atoms with Crippen molar-refractivity contribution in [1.82, 2.24) is 5.43 Å². The number of hydrogen-bond donors (Lipinski definition) is 2. The van der Waals surface area contributed by atoms with Crippen molar-refractivity contribution in [3.63, 3.8) is 0 Å². The molecule has 2 N–H and O–H groups in total. The molecule has 0 fully saturated rings. The van der Waals surface area contributed by atoms with E-state index in [1.807, 2.05) is 0 Å². The van der Waals surface area contributed by atoms with Gasteiger partial charge >= 0.3 is 0 Å². The normalized spacial score (nSPS) is 11.4. The van der Waals surface area contributed by atoms with Gasteiger partial charge in [0.15, 0.2) is 5.60 Å². The first kappa shape index (κ1) is 21.7. The molecule has 8 nitrogen and oxygen atoms in total. The van der Waals surface area contributed by atoms with Crippen molar-refractivity contribution in [3.05, 3.63) is 124 Å². The van der Waals surface area contributed by atoms with E-state index in [1.165, 1.54) is 12.3 Å². The number of amides is 1. The lowest BCUT2D eigenvalue weighted by atomic mass is 9.85. The van der Waals surface area contributed by atoms with Crippen LogP contribution in [0.2, 0.25) is 0 Å². The molecule has 0 atom stereocenters.